The average Bonchev–Trinajstić information content (AvgIpc) is 2.77. The molecule has 94 valence electrons. The van der Waals surface area contributed by atoms with E-state index in [0.29, 0.717) is 6.04 Å². The van der Waals surface area contributed by atoms with E-state index in [9.17, 15) is 0 Å². The molecule has 0 aromatic heterocycles. The van der Waals surface area contributed by atoms with Crippen LogP contribution in [0.4, 0.5) is 0 Å². The highest BCUT2D eigenvalue weighted by molar-refractivity contribution is 4.94. The van der Waals surface area contributed by atoms with E-state index >= 15 is 0 Å². The molecule has 0 aromatic carbocycles. The van der Waals surface area contributed by atoms with Gasteiger partial charge in [0.1, 0.15) is 0 Å². The summed E-state index contributed by atoms with van der Waals surface area (Å²) >= 11 is 0. The van der Waals surface area contributed by atoms with Gasteiger partial charge in [-0.05, 0) is 46.2 Å². The van der Waals surface area contributed by atoms with Gasteiger partial charge in [-0.25, -0.2) is 0 Å². The van der Waals surface area contributed by atoms with E-state index < -0.39 is 0 Å². The van der Waals surface area contributed by atoms with E-state index in [1.54, 1.807) is 0 Å². The molecular weight excluding hydrogens is 200 g/mol. The maximum atomic E-state index is 5.68. The Hall–Kier alpha value is -0.120. The summed E-state index contributed by atoms with van der Waals surface area (Å²) in [5, 5.41) is 3.47. The second-order valence-electron chi connectivity index (χ2n) is 5.62. The van der Waals surface area contributed by atoms with Gasteiger partial charge in [-0.15, -0.1) is 0 Å². The van der Waals surface area contributed by atoms with Crippen LogP contribution in [0.5, 0.6) is 0 Å². The van der Waals surface area contributed by atoms with Crippen molar-refractivity contribution < 1.29 is 4.74 Å². The number of hydrogen-bond donors (Lipinski definition) is 1. The zero-order chi connectivity index (χ0) is 11.6. The number of nitrogens with one attached hydrogen (secondary N) is 1. The first kappa shape index (κ1) is 12.3. The Balaban J connectivity index is 1.98. The molecule has 1 saturated heterocycles. The third kappa shape index (κ3) is 2.41. The molecule has 2 aliphatic rings. The summed E-state index contributed by atoms with van der Waals surface area (Å²) in [5.41, 5.74) is 0.0825. The first-order valence-corrected chi connectivity index (χ1v) is 6.65. The highest BCUT2D eigenvalue weighted by Crippen LogP contribution is 2.31. The largest absolute Gasteiger partial charge is 0.377 e. The van der Waals surface area contributed by atoms with Crippen LogP contribution in [0.3, 0.4) is 0 Å². The van der Waals surface area contributed by atoms with Crippen LogP contribution < -0.4 is 5.32 Å². The first-order valence-electron chi connectivity index (χ1n) is 6.65. The molecule has 1 N–H and O–H groups in total. The fourth-order valence-electron chi connectivity index (χ4n) is 3.41. The van der Waals surface area contributed by atoms with Crippen LogP contribution in [0, 0.1) is 0 Å². The minimum Gasteiger partial charge on any atom is -0.377 e. The van der Waals surface area contributed by atoms with Gasteiger partial charge in [0.2, 0.25) is 0 Å². The number of piperidine rings is 1. The normalized spacial score (nSPS) is 41.4. The lowest BCUT2D eigenvalue weighted by Crippen LogP contribution is -2.55. The van der Waals surface area contributed by atoms with Gasteiger partial charge in [0, 0.05) is 25.7 Å². The summed E-state index contributed by atoms with van der Waals surface area (Å²) in [7, 11) is 3.95. The van der Waals surface area contributed by atoms with E-state index in [-0.39, 0.29) is 5.60 Å². The molecule has 3 nitrogen and oxygen atoms in total. The van der Waals surface area contributed by atoms with E-state index in [4.69, 9.17) is 4.74 Å². The highest BCUT2D eigenvalue weighted by Gasteiger charge is 2.38. The lowest BCUT2D eigenvalue weighted by molar-refractivity contribution is -0.0627. The Bertz CT molecular complexity index is 234. The van der Waals surface area contributed by atoms with E-state index in [2.05, 4.69) is 24.2 Å². The van der Waals surface area contributed by atoms with Gasteiger partial charge in [0.25, 0.3) is 0 Å². The smallest absolute Gasteiger partial charge is 0.0777 e. The second kappa shape index (κ2) is 5.03. The number of ether oxygens (including phenoxy) is 1. The zero-order valence-corrected chi connectivity index (χ0v) is 11.0. The standard InChI is InChI=1S/C13H26N2O/c1-13(16-3)8-5-9-15(10-13)12-7-4-6-11(12)14-2/h11-12,14H,4-10H2,1-3H3. The van der Waals surface area contributed by atoms with Crippen LogP contribution >= 0.6 is 0 Å². The van der Waals surface area contributed by atoms with Crippen molar-refractivity contribution in [1.29, 1.82) is 0 Å². The van der Waals surface area contributed by atoms with E-state index in [1.807, 2.05) is 7.11 Å². The zero-order valence-electron chi connectivity index (χ0n) is 11.0. The maximum absolute atomic E-state index is 5.68. The fraction of sp³-hybridized carbons (Fsp3) is 1.00. The molecular formula is C13H26N2O. The molecule has 1 aliphatic heterocycles. The predicted molar refractivity (Wildman–Crippen MR) is 66.7 cm³/mol. The molecule has 3 heteroatoms. The molecule has 0 bridgehead atoms. The number of hydrogen-bond acceptors (Lipinski definition) is 3. The Morgan fingerprint density at radius 1 is 1.31 bits per heavy atom. The topological polar surface area (TPSA) is 24.5 Å². The third-order valence-electron chi connectivity index (χ3n) is 4.50. The Morgan fingerprint density at radius 2 is 2.12 bits per heavy atom. The number of methoxy groups -OCH3 is 1. The summed E-state index contributed by atoms with van der Waals surface area (Å²) in [6, 6.07) is 1.43. The quantitative estimate of drug-likeness (QED) is 0.791. The summed E-state index contributed by atoms with van der Waals surface area (Å²) in [6.07, 6.45) is 6.54. The molecule has 1 saturated carbocycles. The summed E-state index contributed by atoms with van der Waals surface area (Å²) in [6.45, 7) is 4.61. The van der Waals surface area contributed by atoms with Gasteiger partial charge >= 0.3 is 0 Å². The van der Waals surface area contributed by atoms with Crippen molar-refractivity contribution in [2.24, 2.45) is 0 Å². The van der Waals surface area contributed by atoms with Gasteiger partial charge in [-0.3, -0.25) is 4.90 Å². The summed E-state index contributed by atoms with van der Waals surface area (Å²) in [5.74, 6) is 0. The van der Waals surface area contributed by atoms with Crippen LogP contribution in [-0.4, -0.2) is 49.8 Å². The van der Waals surface area contributed by atoms with Crippen molar-refractivity contribution in [3.05, 3.63) is 0 Å². The number of likely N-dealkylation sites (tertiary alicyclic amines) is 1. The van der Waals surface area contributed by atoms with Gasteiger partial charge < -0.3 is 10.1 Å². The maximum Gasteiger partial charge on any atom is 0.0777 e. The van der Waals surface area contributed by atoms with Crippen LogP contribution in [0.1, 0.15) is 39.0 Å². The molecule has 0 amide bonds. The molecule has 0 spiro atoms. The molecule has 16 heavy (non-hydrogen) atoms. The minimum absolute atomic E-state index is 0.0825. The SMILES string of the molecule is CNC1CCCC1N1CCCC(C)(OC)C1. The number of nitrogens with zero attached hydrogens (tertiary/aromatic N) is 1. The molecule has 0 aromatic rings. The predicted octanol–water partition coefficient (Wildman–Crippen LogP) is 1.63. The van der Waals surface area contributed by atoms with Crippen molar-refractivity contribution in [2.75, 3.05) is 27.2 Å². The summed E-state index contributed by atoms with van der Waals surface area (Å²) in [4.78, 5) is 2.65. The van der Waals surface area contributed by atoms with Crippen molar-refractivity contribution >= 4 is 0 Å². The first-order chi connectivity index (χ1) is 7.68. The average molecular weight is 226 g/mol. The molecule has 2 rings (SSSR count). The number of rotatable bonds is 3. The second-order valence-corrected chi connectivity index (χ2v) is 5.62. The van der Waals surface area contributed by atoms with Crippen LogP contribution in [0.25, 0.3) is 0 Å². The molecule has 2 fully saturated rings. The monoisotopic (exact) mass is 226 g/mol. The lowest BCUT2D eigenvalue weighted by Gasteiger charge is -2.43. The Labute approximate surface area is 99.5 Å². The van der Waals surface area contributed by atoms with Gasteiger partial charge in [-0.1, -0.05) is 6.42 Å². The Kier molecular flexibility index (Phi) is 3.88. The minimum atomic E-state index is 0.0825. The van der Waals surface area contributed by atoms with E-state index in [1.165, 1.54) is 38.6 Å². The third-order valence-corrected chi connectivity index (χ3v) is 4.50. The molecule has 0 radical (unpaired) electrons. The van der Waals surface area contributed by atoms with Gasteiger partial charge in [0.15, 0.2) is 0 Å². The molecule has 1 heterocycles. The van der Waals surface area contributed by atoms with Crippen molar-refractivity contribution in [3.63, 3.8) is 0 Å². The highest BCUT2D eigenvalue weighted by atomic mass is 16.5. The van der Waals surface area contributed by atoms with Crippen LogP contribution in [-0.2, 0) is 4.74 Å². The van der Waals surface area contributed by atoms with Crippen molar-refractivity contribution in [1.82, 2.24) is 10.2 Å². The molecule has 3 atom stereocenters. The molecule has 3 unspecified atom stereocenters. The fourth-order valence-corrected chi connectivity index (χ4v) is 3.41. The lowest BCUT2D eigenvalue weighted by atomic mass is 9.92. The Morgan fingerprint density at radius 3 is 2.81 bits per heavy atom. The van der Waals surface area contributed by atoms with Gasteiger partial charge in [0.05, 0.1) is 5.60 Å². The van der Waals surface area contributed by atoms with Crippen molar-refractivity contribution in [3.8, 4) is 0 Å². The van der Waals surface area contributed by atoms with Crippen LogP contribution in [0.15, 0.2) is 0 Å². The van der Waals surface area contributed by atoms with E-state index in [0.717, 1.165) is 12.6 Å². The number of likely N-dealkylation sites (N-methyl/N-ethyl adjacent to an activating group) is 1. The van der Waals surface area contributed by atoms with Gasteiger partial charge in [-0.2, -0.15) is 0 Å². The van der Waals surface area contributed by atoms with Crippen LogP contribution in [0.2, 0.25) is 0 Å². The van der Waals surface area contributed by atoms with Crippen molar-refractivity contribution in [2.45, 2.75) is 56.7 Å². The molecule has 1 aliphatic carbocycles. The summed E-state index contributed by atoms with van der Waals surface area (Å²) < 4.78 is 5.68.